The molecule has 2 fully saturated rings. The summed E-state index contributed by atoms with van der Waals surface area (Å²) < 4.78 is 4.96. The molecule has 4 aromatic carbocycles. The van der Waals surface area contributed by atoms with Crippen LogP contribution in [0, 0.1) is 0 Å². The number of rotatable bonds is 9. The Balaban J connectivity index is 1.33. The quantitative estimate of drug-likeness (QED) is 0.118. The molecule has 2 heterocycles. The van der Waals surface area contributed by atoms with Crippen LogP contribution in [0.25, 0.3) is 0 Å². The van der Waals surface area contributed by atoms with Crippen molar-refractivity contribution < 1.29 is 9.53 Å². The molecule has 4 aromatic rings. The van der Waals surface area contributed by atoms with Gasteiger partial charge < -0.3 is 15.4 Å². The van der Waals surface area contributed by atoms with E-state index in [9.17, 15) is 4.79 Å². The minimum atomic E-state index is -0.729. The Bertz CT molecular complexity index is 1460. The summed E-state index contributed by atoms with van der Waals surface area (Å²) in [5.41, 5.74) is 10.2. The zero-order valence-corrected chi connectivity index (χ0v) is 24.9. The molecule has 2 saturated heterocycles. The van der Waals surface area contributed by atoms with Crippen molar-refractivity contribution in [2.24, 2.45) is 10.7 Å². The third-order valence-corrected chi connectivity index (χ3v) is 9.89. The molecule has 0 radical (unpaired) electrons. The highest BCUT2D eigenvalue weighted by Gasteiger charge is 2.63. The Morgan fingerprint density at radius 1 is 0.881 bits per heavy atom. The van der Waals surface area contributed by atoms with Crippen molar-refractivity contribution in [3.63, 3.8) is 0 Å². The van der Waals surface area contributed by atoms with Gasteiger partial charge in [0, 0.05) is 4.75 Å². The van der Waals surface area contributed by atoms with Crippen molar-refractivity contribution in [1.29, 1.82) is 0 Å². The SMILES string of the molecule is COc1ccc(CN=C(N)C2N3C(=O)C(NC(c4ccccc4)(c4ccccc4)c4ccccc4)[C@H]3SC2(C)C)cc1. The van der Waals surface area contributed by atoms with E-state index in [1.807, 2.05) is 47.4 Å². The third kappa shape index (κ3) is 4.86. The van der Waals surface area contributed by atoms with Crippen molar-refractivity contribution in [2.75, 3.05) is 7.11 Å². The summed E-state index contributed by atoms with van der Waals surface area (Å²) in [5.74, 6) is 1.32. The molecule has 6 rings (SSSR count). The number of amides is 1. The van der Waals surface area contributed by atoms with Crippen molar-refractivity contribution in [2.45, 2.75) is 48.1 Å². The zero-order valence-electron chi connectivity index (χ0n) is 24.1. The van der Waals surface area contributed by atoms with E-state index in [-0.39, 0.29) is 22.1 Å². The first-order valence-electron chi connectivity index (χ1n) is 14.2. The Morgan fingerprint density at radius 2 is 1.38 bits per heavy atom. The predicted molar refractivity (Wildman–Crippen MR) is 171 cm³/mol. The first-order chi connectivity index (χ1) is 20.3. The molecule has 0 aromatic heterocycles. The lowest BCUT2D eigenvalue weighted by molar-refractivity contribution is -0.147. The molecular weight excluding hydrogens is 540 g/mol. The molecule has 0 bridgehead atoms. The fourth-order valence-electron chi connectivity index (χ4n) is 6.28. The number of aliphatic imine (C=N–C) groups is 1. The lowest BCUT2D eigenvalue weighted by Gasteiger charge is -2.49. The number of thioether (sulfide) groups is 1. The van der Waals surface area contributed by atoms with Gasteiger partial charge in [-0.15, -0.1) is 11.8 Å². The lowest BCUT2D eigenvalue weighted by Crippen LogP contribution is -2.73. The van der Waals surface area contributed by atoms with E-state index < -0.39 is 11.6 Å². The van der Waals surface area contributed by atoms with Crippen LogP contribution in [0.1, 0.15) is 36.1 Å². The maximum Gasteiger partial charge on any atom is 0.244 e. The first kappa shape index (κ1) is 28.1. The average Bonchev–Trinajstić information content (AvgIpc) is 3.29. The van der Waals surface area contributed by atoms with Crippen LogP contribution in [-0.2, 0) is 16.9 Å². The predicted octanol–water partition coefficient (Wildman–Crippen LogP) is 5.57. The van der Waals surface area contributed by atoms with Gasteiger partial charge in [0.15, 0.2) is 0 Å². The number of amidine groups is 1. The normalized spacial score (nSPS) is 21.5. The molecule has 7 heteroatoms. The van der Waals surface area contributed by atoms with Crippen LogP contribution >= 0.6 is 11.8 Å². The summed E-state index contributed by atoms with van der Waals surface area (Å²) >= 11 is 1.78. The largest absolute Gasteiger partial charge is 0.497 e. The van der Waals surface area contributed by atoms with Crippen LogP contribution in [0.2, 0.25) is 0 Å². The summed E-state index contributed by atoms with van der Waals surface area (Å²) in [6, 6.07) is 38.3. The van der Waals surface area contributed by atoms with Crippen LogP contribution < -0.4 is 15.8 Å². The topological polar surface area (TPSA) is 80.0 Å². The van der Waals surface area contributed by atoms with Gasteiger partial charge in [-0.2, -0.15) is 0 Å². The molecule has 2 aliphatic heterocycles. The van der Waals surface area contributed by atoms with Gasteiger partial charge in [-0.1, -0.05) is 103 Å². The van der Waals surface area contributed by atoms with Gasteiger partial charge in [0.25, 0.3) is 0 Å². The molecule has 2 unspecified atom stereocenters. The number of nitrogens with one attached hydrogen (secondary N) is 1. The molecule has 2 aliphatic rings. The Kier molecular flexibility index (Phi) is 7.56. The number of nitrogens with zero attached hydrogens (tertiary/aromatic N) is 2. The third-order valence-electron chi connectivity index (χ3n) is 8.32. The molecule has 1 amide bonds. The van der Waals surface area contributed by atoms with Crippen molar-refractivity contribution >= 4 is 23.5 Å². The number of carbonyl (C=O) groups excluding carboxylic acids is 1. The first-order valence-corrected chi connectivity index (χ1v) is 15.1. The highest BCUT2D eigenvalue weighted by atomic mass is 32.2. The minimum Gasteiger partial charge on any atom is -0.497 e. The second kappa shape index (κ2) is 11.3. The number of hydrogen-bond donors (Lipinski definition) is 2. The van der Waals surface area contributed by atoms with Gasteiger partial charge in [0.1, 0.15) is 29.0 Å². The minimum absolute atomic E-state index is 0.0397. The van der Waals surface area contributed by atoms with Gasteiger partial charge in [-0.05, 0) is 48.2 Å². The molecule has 214 valence electrons. The van der Waals surface area contributed by atoms with E-state index in [0.717, 1.165) is 28.0 Å². The maximum atomic E-state index is 14.1. The number of fused-ring (bicyclic) bond motifs is 1. The van der Waals surface area contributed by atoms with Gasteiger partial charge in [-0.3, -0.25) is 15.1 Å². The van der Waals surface area contributed by atoms with E-state index in [1.54, 1.807) is 18.9 Å². The Hall–Kier alpha value is -4.07. The number of carbonyl (C=O) groups is 1. The summed E-state index contributed by atoms with van der Waals surface area (Å²) in [7, 11) is 1.65. The number of nitrogens with two attached hydrogens (primary N) is 1. The highest BCUT2D eigenvalue weighted by Crippen LogP contribution is 2.52. The zero-order chi connectivity index (χ0) is 29.3. The number of β-lactam (4-membered cyclic amide) rings is 1. The van der Waals surface area contributed by atoms with Crippen LogP contribution in [-0.4, -0.2) is 46.0 Å². The molecule has 3 atom stereocenters. The van der Waals surface area contributed by atoms with Crippen LogP contribution in [0.15, 0.2) is 120 Å². The summed E-state index contributed by atoms with van der Waals surface area (Å²) in [5, 5.41) is 3.82. The van der Waals surface area contributed by atoms with Crippen molar-refractivity contribution in [1.82, 2.24) is 10.2 Å². The maximum absolute atomic E-state index is 14.1. The monoisotopic (exact) mass is 576 g/mol. The van der Waals surface area contributed by atoms with Gasteiger partial charge in [-0.25, -0.2) is 0 Å². The summed E-state index contributed by atoms with van der Waals surface area (Å²) in [6.07, 6.45) is 0. The molecule has 6 nitrogen and oxygen atoms in total. The van der Waals surface area contributed by atoms with E-state index in [0.29, 0.717) is 12.4 Å². The number of ether oxygens (including phenoxy) is 1. The number of methoxy groups -OCH3 is 1. The van der Waals surface area contributed by atoms with Crippen LogP contribution in [0.5, 0.6) is 5.75 Å². The second-order valence-electron chi connectivity index (χ2n) is 11.3. The molecule has 3 N–H and O–H groups in total. The van der Waals surface area contributed by atoms with E-state index in [4.69, 9.17) is 15.5 Å². The van der Waals surface area contributed by atoms with Crippen LogP contribution in [0.3, 0.4) is 0 Å². The summed E-state index contributed by atoms with van der Waals surface area (Å²) in [6.45, 7) is 4.75. The van der Waals surface area contributed by atoms with Crippen molar-refractivity contribution in [3.8, 4) is 5.75 Å². The van der Waals surface area contributed by atoms with Crippen molar-refractivity contribution in [3.05, 3.63) is 138 Å². The fourth-order valence-corrected chi connectivity index (χ4v) is 7.92. The van der Waals surface area contributed by atoms with E-state index >= 15 is 0 Å². The lowest BCUT2D eigenvalue weighted by atomic mass is 9.76. The van der Waals surface area contributed by atoms with Gasteiger partial charge >= 0.3 is 0 Å². The molecular formula is C35H36N4O2S. The fraction of sp³-hybridized carbons (Fsp3) is 0.257. The Labute approximate surface area is 252 Å². The second-order valence-corrected chi connectivity index (χ2v) is 13.1. The molecule has 0 saturated carbocycles. The van der Waals surface area contributed by atoms with E-state index in [1.165, 1.54) is 0 Å². The number of benzene rings is 4. The smallest absolute Gasteiger partial charge is 0.244 e. The highest BCUT2D eigenvalue weighted by molar-refractivity contribution is 8.01. The molecule has 42 heavy (non-hydrogen) atoms. The average molecular weight is 577 g/mol. The number of hydrogen-bond acceptors (Lipinski definition) is 5. The molecule has 0 aliphatic carbocycles. The standard InChI is InChI=1S/C35H36N4O2S/c1-34(2)30(31(36)37-23-24-19-21-28(41-3)22-20-24)39-32(40)29(33(39)42-34)38-35(25-13-7-4-8-14-25,26-15-9-5-10-16-26)27-17-11-6-12-18-27/h4-22,29-30,33,38H,23H2,1-3H3,(H2,36,37)/t29?,30?,33-/m1/s1. The Morgan fingerprint density at radius 3 is 1.86 bits per heavy atom. The molecule has 0 spiro atoms. The summed E-state index contributed by atoms with van der Waals surface area (Å²) in [4.78, 5) is 20.8. The van der Waals surface area contributed by atoms with Gasteiger partial charge in [0.2, 0.25) is 5.91 Å². The van der Waals surface area contributed by atoms with Gasteiger partial charge in [0.05, 0.1) is 19.2 Å². The van der Waals surface area contributed by atoms with E-state index in [2.05, 4.69) is 92.0 Å². The van der Waals surface area contributed by atoms with Crippen LogP contribution in [0.4, 0.5) is 0 Å².